The maximum Gasteiger partial charge on any atom is 0.111 e. The number of halogens is 1. The number of aliphatic hydroxyl groups is 5. The summed E-state index contributed by atoms with van der Waals surface area (Å²) in [5, 5.41) is 44.2. The second-order valence-corrected chi connectivity index (χ2v) is 2.53. The first-order valence-electron chi connectivity index (χ1n) is 3.57. The van der Waals surface area contributed by atoms with Crippen molar-refractivity contribution >= 4 is 17.0 Å². The average Bonchev–Trinajstić information content (AvgIpc) is 2.12. The SMILES string of the molecule is Br.NC[C@H](O)[C@H](O)[C@@H](O)[C@@H](O)CO. The van der Waals surface area contributed by atoms with Crippen molar-refractivity contribution < 1.29 is 25.5 Å². The maximum absolute atomic E-state index is 9.04. The number of hydrogen-bond acceptors (Lipinski definition) is 6. The van der Waals surface area contributed by atoms with E-state index < -0.39 is 31.0 Å². The minimum absolute atomic E-state index is 0. The van der Waals surface area contributed by atoms with Gasteiger partial charge in [-0.1, -0.05) is 0 Å². The zero-order valence-electron chi connectivity index (χ0n) is 6.95. The van der Waals surface area contributed by atoms with Gasteiger partial charge < -0.3 is 31.3 Å². The van der Waals surface area contributed by atoms with Gasteiger partial charge in [0.05, 0.1) is 12.7 Å². The van der Waals surface area contributed by atoms with E-state index in [-0.39, 0.29) is 23.5 Å². The Bertz CT molecular complexity index is 114. The fraction of sp³-hybridized carbons (Fsp3) is 1.00. The van der Waals surface area contributed by atoms with Crippen LogP contribution < -0.4 is 5.73 Å². The maximum atomic E-state index is 9.04. The number of aliphatic hydroxyl groups excluding tert-OH is 5. The zero-order chi connectivity index (χ0) is 9.72. The lowest BCUT2D eigenvalue weighted by Crippen LogP contribution is -2.48. The molecule has 0 fully saturated rings. The molecule has 0 saturated carbocycles. The van der Waals surface area contributed by atoms with Crippen LogP contribution in [0.1, 0.15) is 0 Å². The Morgan fingerprint density at radius 2 is 1.31 bits per heavy atom. The minimum atomic E-state index is -1.59. The molecule has 0 spiro atoms. The van der Waals surface area contributed by atoms with E-state index in [0.717, 1.165) is 0 Å². The van der Waals surface area contributed by atoms with E-state index >= 15 is 0 Å². The van der Waals surface area contributed by atoms with Gasteiger partial charge >= 0.3 is 0 Å². The Morgan fingerprint density at radius 3 is 1.62 bits per heavy atom. The molecule has 0 unspecified atom stereocenters. The standard InChI is InChI=1S/C6H15NO5.BrH/c7-1-3(9)5(11)6(12)4(10)2-8;/h3-6,8-12H,1-2,7H2;1H/t3-,4-,5-,6-;/m0./s1. The van der Waals surface area contributed by atoms with Gasteiger partial charge in [0, 0.05) is 6.54 Å². The van der Waals surface area contributed by atoms with Crippen LogP contribution in [0, 0.1) is 0 Å². The molecule has 0 saturated heterocycles. The Hall–Kier alpha value is 0.240. The van der Waals surface area contributed by atoms with Gasteiger partial charge in [-0.15, -0.1) is 17.0 Å². The molecule has 0 rings (SSSR count). The largest absolute Gasteiger partial charge is 0.394 e. The Kier molecular flexibility index (Phi) is 9.21. The summed E-state index contributed by atoms with van der Waals surface area (Å²) in [6.07, 6.45) is -5.91. The monoisotopic (exact) mass is 261 g/mol. The van der Waals surface area contributed by atoms with Crippen LogP contribution in [0.2, 0.25) is 0 Å². The first-order chi connectivity index (χ1) is 5.54. The van der Waals surface area contributed by atoms with Gasteiger partial charge in [0.25, 0.3) is 0 Å². The van der Waals surface area contributed by atoms with Crippen LogP contribution in [0.15, 0.2) is 0 Å². The topological polar surface area (TPSA) is 127 Å². The van der Waals surface area contributed by atoms with E-state index in [4.69, 9.17) is 31.3 Å². The summed E-state index contributed by atoms with van der Waals surface area (Å²) in [6, 6.07) is 0. The molecule has 7 N–H and O–H groups in total. The Labute approximate surface area is 86.4 Å². The molecule has 82 valence electrons. The molecule has 13 heavy (non-hydrogen) atoms. The molecule has 0 aromatic carbocycles. The highest BCUT2D eigenvalue weighted by Crippen LogP contribution is 2.03. The highest BCUT2D eigenvalue weighted by molar-refractivity contribution is 8.93. The summed E-state index contributed by atoms with van der Waals surface area (Å²) in [5.41, 5.74) is 4.99. The molecule has 0 bridgehead atoms. The summed E-state index contributed by atoms with van der Waals surface area (Å²) in [6.45, 7) is -0.911. The smallest absolute Gasteiger partial charge is 0.111 e. The van der Waals surface area contributed by atoms with Crippen molar-refractivity contribution in [2.75, 3.05) is 13.2 Å². The lowest BCUT2D eigenvalue weighted by molar-refractivity contribution is -0.112. The summed E-state index contributed by atoms with van der Waals surface area (Å²) < 4.78 is 0. The van der Waals surface area contributed by atoms with E-state index in [1.165, 1.54) is 0 Å². The summed E-state index contributed by atoms with van der Waals surface area (Å²) >= 11 is 0. The third-order valence-corrected chi connectivity index (χ3v) is 1.57. The van der Waals surface area contributed by atoms with Gasteiger partial charge in [-0.05, 0) is 0 Å². The van der Waals surface area contributed by atoms with Crippen LogP contribution in [0.5, 0.6) is 0 Å². The molecule has 0 amide bonds. The molecule has 0 aromatic heterocycles. The zero-order valence-corrected chi connectivity index (χ0v) is 8.66. The van der Waals surface area contributed by atoms with Crippen molar-refractivity contribution in [3.63, 3.8) is 0 Å². The van der Waals surface area contributed by atoms with Crippen LogP contribution in [0.4, 0.5) is 0 Å². The molecule has 0 heterocycles. The molecular weight excluding hydrogens is 246 g/mol. The van der Waals surface area contributed by atoms with Crippen molar-refractivity contribution in [2.45, 2.75) is 24.4 Å². The van der Waals surface area contributed by atoms with E-state index in [1.54, 1.807) is 0 Å². The molecule has 0 aliphatic rings. The highest BCUT2D eigenvalue weighted by atomic mass is 79.9. The summed E-state index contributed by atoms with van der Waals surface area (Å²) in [5.74, 6) is 0. The van der Waals surface area contributed by atoms with Crippen LogP contribution >= 0.6 is 17.0 Å². The van der Waals surface area contributed by atoms with Gasteiger partial charge in [0.2, 0.25) is 0 Å². The van der Waals surface area contributed by atoms with E-state index in [0.29, 0.717) is 0 Å². The molecule has 0 radical (unpaired) electrons. The van der Waals surface area contributed by atoms with Crippen molar-refractivity contribution in [1.82, 2.24) is 0 Å². The quantitative estimate of drug-likeness (QED) is 0.312. The second-order valence-electron chi connectivity index (χ2n) is 2.53. The van der Waals surface area contributed by atoms with E-state index in [1.807, 2.05) is 0 Å². The van der Waals surface area contributed by atoms with Crippen molar-refractivity contribution in [3.8, 4) is 0 Å². The molecular formula is C6H16BrNO5. The van der Waals surface area contributed by atoms with Crippen molar-refractivity contribution in [3.05, 3.63) is 0 Å². The third kappa shape index (κ3) is 4.87. The highest BCUT2D eigenvalue weighted by Gasteiger charge is 2.28. The normalized spacial score (nSPS) is 19.8. The number of rotatable bonds is 5. The molecule has 0 aromatic rings. The molecule has 4 atom stereocenters. The van der Waals surface area contributed by atoms with Crippen LogP contribution in [0.3, 0.4) is 0 Å². The minimum Gasteiger partial charge on any atom is -0.394 e. The van der Waals surface area contributed by atoms with Crippen molar-refractivity contribution in [1.29, 1.82) is 0 Å². The third-order valence-electron chi connectivity index (χ3n) is 1.57. The van der Waals surface area contributed by atoms with Gasteiger partial charge in [-0.3, -0.25) is 0 Å². The number of hydrogen-bond donors (Lipinski definition) is 6. The lowest BCUT2D eigenvalue weighted by atomic mass is 10.0. The van der Waals surface area contributed by atoms with Crippen LogP contribution in [-0.4, -0.2) is 63.1 Å². The van der Waals surface area contributed by atoms with Gasteiger partial charge in [-0.2, -0.15) is 0 Å². The first kappa shape index (κ1) is 15.7. The molecule has 7 heteroatoms. The number of nitrogens with two attached hydrogens (primary N) is 1. The summed E-state index contributed by atoms with van der Waals surface area (Å²) in [7, 11) is 0. The average molecular weight is 262 g/mol. The van der Waals surface area contributed by atoms with Crippen LogP contribution in [0.25, 0.3) is 0 Å². The van der Waals surface area contributed by atoms with Gasteiger partial charge in [0.15, 0.2) is 0 Å². The van der Waals surface area contributed by atoms with E-state index in [2.05, 4.69) is 0 Å². The fourth-order valence-electron chi connectivity index (χ4n) is 0.703. The Morgan fingerprint density at radius 1 is 0.923 bits per heavy atom. The predicted octanol–water partition coefficient (Wildman–Crippen LogP) is -3.04. The van der Waals surface area contributed by atoms with Gasteiger partial charge in [-0.25, -0.2) is 0 Å². The van der Waals surface area contributed by atoms with E-state index in [9.17, 15) is 0 Å². The van der Waals surface area contributed by atoms with Crippen LogP contribution in [-0.2, 0) is 0 Å². The van der Waals surface area contributed by atoms with Gasteiger partial charge in [0.1, 0.15) is 18.3 Å². The molecule has 0 aliphatic heterocycles. The molecule has 0 aliphatic carbocycles. The first-order valence-corrected chi connectivity index (χ1v) is 3.57. The lowest BCUT2D eigenvalue weighted by Gasteiger charge is -2.24. The predicted molar refractivity (Wildman–Crippen MR) is 50.5 cm³/mol. The summed E-state index contributed by atoms with van der Waals surface area (Å²) in [4.78, 5) is 0. The van der Waals surface area contributed by atoms with Crippen molar-refractivity contribution in [2.24, 2.45) is 5.73 Å². The second kappa shape index (κ2) is 7.63. The Balaban J connectivity index is 0. The fourth-order valence-corrected chi connectivity index (χ4v) is 0.703. The molecule has 6 nitrogen and oxygen atoms in total.